The van der Waals surface area contributed by atoms with Gasteiger partial charge >= 0.3 is 0 Å². The summed E-state index contributed by atoms with van der Waals surface area (Å²) in [4.78, 5) is 13.1. The fourth-order valence-corrected chi connectivity index (χ4v) is 3.26. The molecule has 0 amide bonds. The number of rotatable bonds is 3. The molecule has 3 rings (SSSR count). The van der Waals surface area contributed by atoms with Crippen LogP contribution >= 0.6 is 11.3 Å². The Hall–Kier alpha value is -2.33. The molecular formula is C17H14O3S. The van der Waals surface area contributed by atoms with E-state index < -0.39 is 0 Å². The van der Waals surface area contributed by atoms with Gasteiger partial charge in [0, 0.05) is 27.1 Å². The van der Waals surface area contributed by atoms with Gasteiger partial charge in [0.05, 0.1) is 14.2 Å². The van der Waals surface area contributed by atoms with Gasteiger partial charge in [0.15, 0.2) is 5.43 Å². The Kier molecular flexibility index (Phi) is 3.62. The molecule has 0 N–H and O–H groups in total. The number of benzene rings is 2. The summed E-state index contributed by atoms with van der Waals surface area (Å²) in [6, 6.07) is 14.9. The quantitative estimate of drug-likeness (QED) is 0.734. The van der Waals surface area contributed by atoms with Crippen LogP contribution in [0.5, 0.6) is 11.5 Å². The molecule has 3 nitrogen and oxygen atoms in total. The zero-order valence-electron chi connectivity index (χ0n) is 11.8. The van der Waals surface area contributed by atoms with Crippen LogP contribution in [0, 0.1) is 0 Å². The van der Waals surface area contributed by atoms with Gasteiger partial charge in [0.1, 0.15) is 11.5 Å². The molecule has 1 heterocycles. The third-order valence-corrected chi connectivity index (χ3v) is 4.42. The maximum absolute atomic E-state index is 12.2. The lowest BCUT2D eigenvalue weighted by atomic mass is 10.1. The van der Waals surface area contributed by atoms with Crippen LogP contribution in [0.2, 0.25) is 0 Å². The zero-order valence-corrected chi connectivity index (χ0v) is 12.6. The predicted octanol–water partition coefficient (Wildman–Crippen LogP) is 3.95. The van der Waals surface area contributed by atoms with Crippen LogP contribution < -0.4 is 14.9 Å². The standard InChI is InChI=1S/C17H14O3S/c1-19-12-7-11(8-13(9-12)20-2)17-10-15(18)14-5-3-4-6-16(14)21-17/h3-10H,1-2H3. The highest BCUT2D eigenvalue weighted by atomic mass is 32.1. The second-order valence-corrected chi connectivity index (χ2v) is 5.66. The summed E-state index contributed by atoms with van der Waals surface area (Å²) in [5.74, 6) is 1.41. The van der Waals surface area contributed by atoms with E-state index in [0.717, 1.165) is 20.5 Å². The Morgan fingerprint density at radius 2 is 1.57 bits per heavy atom. The van der Waals surface area contributed by atoms with E-state index in [0.29, 0.717) is 11.5 Å². The van der Waals surface area contributed by atoms with E-state index in [1.807, 2.05) is 42.5 Å². The van der Waals surface area contributed by atoms with Gasteiger partial charge in [-0.2, -0.15) is 0 Å². The van der Waals surface area contributed by atoms with Crippen molar-refractivity contribution in [3.05, 3.63) is 58.8 Å². The highest BCUT2D eigenvalue weighted by Gasteiger charge is 2.08. The minimum absolute atomic E-state index is 0.0288. The SMILES string of the molecule is COc1cc(OC)cc(-c2cc(=O)c3ccccc3s2)c1. The summed E-state index contributed by atoms with van der Waals surface area (Å²) in [7, 11) is 3.23. The molecule has 0 aliphatic carbocycles. The summed E-state index contributed by atoms with van der Waals surface area (Å²) < 4.78 is 11.5. The van der Waals surface area contributed by atoms with Gasteiger partial charge in [-0.25, -0.2) is 0 Å². The van der Waals surface area contributed by atoms with Gasteiger partial charge in [0.2, 0.25) is 0 Å². The molecule has 0 bridgehead atoms. The van der Waals surface area contributed by atoms with Crippen LogP contribution in [0.3, 0.4) is 0 Å². The van der Waals surface area contributed by atoms with Gasteiger partial charge < -0.3 is 9.47 Å². The van der Waals surface area contributed by atoms with Gasteiger partial charge in [-0.1, -0.05) is 12.1 Å². The normalized spacial score (nSPS) is 10.6. The van der Waals surface area contributed by atoms with Gasteiger partial charge in [-0.3, -0.25) is 4.79 Å². The van der Waals surface area contributed by atoms with E-state index in [2.05, 4.69) is 0 Å². The lowest BCUT2D eigenvalue weighted by Crippen LogP contribution is -1.98. The summed E-state index contributed by atoms with van der Waals surface area (Å²) in [5, 5.41) is 0.751. The van der Waals surface area contributed by atoms with Crippen molar-refractivity contribution in [2.24, 2.45) is 0 Å². The van der Waals surface area contributed by atoms with Crippen molar-refractivity contribution in [2.45, 2.75) is 0 Å². The first-order valence-electron chi connectivity index (χ1n) is 6.47. The van der Waals surface area contributed by atoms with E-state index in [9.17, 15) is 4.79 Å². The summed E-state index contributed by atoms with van der Waals surface area (Å²) in [6.07, 6.45) is 0. The lowest BCUT2D eigenvalue weighted by molar-refractivity contribution is 0.394. The predicted molar refractivity (Wildman–Crippen MR) is 86.6 cm³/mol. The minimum atomic E-state index is 0.0288. The van der Waals surface area contributed by atoms with Gasteiger partial charge in [-0.05, 0) is 29.8 Å². The average Bonchev–Trinajstić information content (AvgIpc) is 2.54. The molecule has 2 aromatic carbocycles. The molecule has 4 heteroatoms. The highest BCUT2D eigenvalue weighted by Crippen LogP contribution is 2.33. The molecular weight excluding hydrogens is 284 g/mol. The lowest BCUT2D eigenvalue weighted by Gasteiger charge is -2.08. The van der Waals surface area contributed by atoms with Crippen LogP contribution in [0.15, 0.2) is 53.3 Å². The molecule has 1 aromatic heterocycles. The van der Waals surface area contributed by atoms with E-state index in [-0.39, 0.29) is 5.43 Å². The fourth-order valence-electron chi connectivity index (χ4n) is 2.20. The second kappa shape index (κ2) is 5.58. The van der Waals surface area contributed by atoms with Crippen LogP contribution in [0.4, 0.5) is 0 Å². The Morgan fingerprint density at radius 1 is 0.905 bits per heavy atom. The molecule has 0 aliphatic heterocycles. The summed E-state index contributed by atoms with van der Waals surface area (Å²) >= 11 is 1.58. The number of hydrogen-bond donors (Lipinski definition) is 0. The Labute approximate surface area is 126 Å². The molecule has 0 aliphatic rings. The highest BCUT2D eigenvalue weighted by molar-refractivity contribution is 7.21. The van der Waals surface area contributed by atoms with Crippen LogP contribution in [-0.4, -0.2) is 14.2 Å². The summed E-state index contributed by atoms with van der Waals surface area (Å²) in [5.41, 5.74) is 0.945. The third kappa shape index (κ3) is 2.62. The third-order valence-electron chi connectivity index (χ3n) is 3.27. The van der Waals surface area contributed by atoms with Crippen molar-refractivity contribution < 1.29 is 9.47 Å². The number of methoxy groups -OCH3 is 2. The first kappa shape index (κ1) is 13.6. The zero-order chi connectivity index (χ0) is 14.8. The maximum atomic E-state index is 12.2. The Morgan fingerprint density at radius 3 is 2.24 bits per heavy atom. The van der Waals surface area contributed by atoms with Gasteiger partial charge in [0.25, 0.3) is 0 Å². The van der Waals surface area contributed by atoms with Crippen LogP contribution in [-0.2, 0) is 0 Å². The van der Waals surface area contributed by atoms with Crippen molar-refractivity contribution in [3.63, 3.8) is 0 Å². The van der Waals surface area contributed by atoms with Crippen molar-refractivity contribution in [2.75, 3.05) is 14.2 Å². The molecule has 0 spiro atoms. The minimum Gasteiger partial charge on any atom is -0.497 e. The van der Waals surface area contributed by atoms with Crippen molar-refractivity contribution >= 4 is 21.4 Å². The maximum Gasteiger partial charge on any atom is 0.188 e. The van der Waals surface area contributed by atoms with E-state index in [1.165, 1.54) is 0 Å². The molecule has 21 heavy (non-hydrogen) atoms. The molecule has 0 fully saturated rings. The smallest absolute Gasteiger partial charge is 0.188 e. The number of ether oxygens (including phenoxy) is 2. The second-order valence-electron chi connectivity index (χ2n) is 4.57. The summed E-state index contributed by atoms with van der Waals surface area (Å²) in [6.45, 7) is 0. The number of hydrogen-bond acceptors (Lipinski definition) is 4. The van der Waals surface area contributed by atoms with Crippen molar-refractivity contribution in [3.8, 4) is 21.9 Å². The van der Waals surface area contributed by atoms with E-state index >= 15 is 0 Å². The molecule has 0 unspecified atom stereocenters. The van der Waals surface area contributed by atoms with Crippen molar-refractivity contribution in [1.82, 2.24) is 0 Å². The van der Waals surface area contributed by atoms with Crippen LogP contribution in [0.25, 0.3) is 20.5 Å². The van der Waals surface area contributed by atoms with E-state index in [4.69, 9.17) is 9.47 Å². The first-order chi connectivity index (χ1) is 10.2. The molecule has 3 aromatic rings. The first-order valence-corrected chi connectivity index (χ1v) is 7.29. The van der Waals surface area contributed by atoms with E-state index in [1.54, 1.807) is 31.6 Å². The Balaban J connectivity index is 2.22. The van der Waals surface area contributed by atoms with Crippen molar-refractivity contribution in [1.29, 1.82) is 0 Å². The molecule has 106 valence electrons. The average molecular weight is 298 g/mol. The topological polar surface area (TPSA) is 35.5 Å². The Bertz CT molecular complexity index is 830. The monoisotopic (exact) mass is 298 g/mol. The van der Waals surface area contributed by atoms with Gasteiger partial charge in [-0.15, -0.1) is 11.3 Å². The fraction of sp³-hybridized carbons (Fsp3) is 0.118. The molecule has 0 saturated heterocycles. The number of fused-ring (bicyclic) bond motifs is 1. The molecule has 0 atom stereocenters. The van der Waals surface area contributed by atoms with Crippen LogP contribution in [0.1, 0.15) is 0 Å². The molecule has 0 radical (unpaired) electrons. The largest absolute Gasteiger partial charge is 0.497 e. The molecule has 0 saturated carbocycles.